The number of esters is 1. The van der Waals surface area contributed by atoms with E-state index in [9.17, 15) is 20.1 Å². The van der Waals surface area contributed by atoms with Gasteiger partial charge in [-0.05, 0) is 0 Å². The molecule has 0 aromatic carbocycles. The Morgan fingerprint density at radius 3 is 2.38 bits per heavy atom. The van der Waals surface area contributed by atoms with Crippen molar-refractivity contribution in [1.29, 1.82) is 0 Å². The van der Waals surface area contributed by atoms with E-state index in [1.54, 1.807) is 0 Å². The van der Waals surface area contributed by atoms with Crippen LogP contribution < -0.4 is 0 Å². The molecule has 0 spiro atoms. The summed E-state index contributed by atoms with van der Waals surface area (Å²) in [6.07, 6.45) is -6.06. The maximum absolute atomic E-state index is 10.6. The van der Waals surface area contributed by atoms with E-state index in [2.05, 4.69) is 4.74 Å². The monoisotopic (exact) mass is 236 g/mol. The highest BCUT2D eigenvalue weighted by Gasteiger charge is 2.44. The van der Waals surface area contributed by atoms with Crippen LogP contribution in [0.4, 0.5) is 0 Å². The van der Waals surface area contributed by atoms with Crippen LogP contribution in [-0.4, -0.2) is 65.7 Å². The predicted molar refractivity (Wildman–Crippen MR) is 50.3 cm³/mol. The van der Waals surface area contributed by atoms with Crippen LogP contribution in [0.2, 0.25) is 0 Å². The number of methoxy groups -OCH3 is 1. The van der Waals surface area contributed by atoms with E-state index < -0.39 is 36.7 Å². The molecule has 0 aromatic rings. The van der Waals surface area contributed by atoms with E-state index in [1.165, 1.54) is 14.0 Å². The molecule has 0 radical (unpaired) electrons. The van der Waals surface area contributed by atoms with Crippen molar-refractivity contribution in [2.45, 2.75) is 37.6 Å². The second-order valence-corrected chi connectivity index (χ2v) is 3.55. The molecule has 0 amide bonds. The van der Waals surface area contributed by atoms with Gasteiger partial charge in [-0.25, -0.2) is 0 Å². The Hall–Kier alpha value is -0.730. The average Bonchev–Trinajstić information content (AvgIpc) is 2.25. The third-order valence-corrected chi connectivity index (χ3v) is 2.35. The molecule has 1 saturated heterocycles. The molecular weight excluding hydrogens is 220 g/mol. The molecule has 0 saturated carbocycles. The molecule has 0 aromatic heterocycles. The quantitative estimate of drug-likeness (QED) is 0.487. The summed E-state index contributed by atoms with van der Waals surface area (Å²) < 4.78 is 14.6. The van der Waals surface area contributed by atoms with E-state index in [1.807, 2.05) is 0 Å². The first kappa shape index (κ1) is 13.3. The van der Waals surface area contributed by atoms with Gasteiger partial charge in [-0.15, -0.1) is 0 Å². The van der Waals surface area contributed by atoms with Crippen LogP contribution in [0.1, 0.15) is 6.92 Å². The minimum atomic E-state index is -1.40. The van der Waals surface area contributed by atoms with Gasteiger partial charge >= 0.3 is 5.97 Å². The Morgan fingerprint density at radius 2 is 1.88 bits per heavy atom. The average molecular weight is 236 g/mol. The van der Waals surface area contributed by atoms with Crippen molar-refractivity contribution in [3.63, 3.8) is 0 Å². The normalized spacial score (nSPS) is 39.4. The van der Waals surface area contributed by atoms with Gasteiger partial charge in [0.05, 0.1) is 0 Å². The van der Waals surface area contributed by atoms with Crippen LogP contribution in [-0.2, 0) is 19.0 Å². The van der Waals surface area contributed by atoms with Crippen molar-refractivity contribution in [3.05, 3.63) is 0 Å². The zero-order chi connectivity index (χ0) is 12.3. The lowest BCUT2D eigenvalue weighted by Crippen LogP contribution is -2.59. The van der Waals surface area contributed by atoms with Crippen molar-refractivity contribution < 1.29 is 34.3 Å². The number of ether oxygens (including phenoxy) is 3. The SMILES string of the molecule is CO[C@@H]1O[C@H](COC(C)=O)[C@@H](O)[C@H](O)[C@H]1O. The number of aliphatic hydroxyl groups excluding tert-OH is 3. The number of rotatable bonds is 3. The van der Waals surface area contributed by atoms with Gasteiger partial charge < -0.3 is 29.5 Å². The lowest BCUT2D eigenvalue weighted by atomic mass is 9.99. The summed E-state index contributed by atoms with van der Waals surface area (Å²) in [7, 11) is 1.29. The third-order valence-electron chi connectivity index (χ3n) is 2.35. The van der Waals surface area contributed by atoms with Crippen LogP contribution in [0, 0.1) is 0 Å². The summed E-state index contributed by atoms with van der Waals surface area (Å²) in [5.74, 6) is -0.523. The summed E-state index contributed by atoms with van der Waals surface area (Å²) in [6, 6.07) is 0. The molecule has 0 bridgehead atoms. The van der Waals surface area contributed by atoms with E-state index >= 15 is 0 Å². The Kier molecular flexibility index (Phi) is 4.63. The highest BCUT2D eigenvalue weighted by atomic mass is 16.7. The Morgan fingerprint density at radius 1 is 1.25 bits per heavy atom. The molecular formula is C9H16O7. The molecule has 1 fully saturated rings. The van der Waals surface area contributed by atoms with Gasteiger partial charge in [0.2, 0.25) is 0 Å². The van der Waals surface area contributed by atoms with E-state index in [-0.39, 0.29) is 6.61 Å². The van der Waals surface area contributed by atoms with Crippen LogP contribution in [0.3, 0.4) is 0 Å². The summed E-state index contributed by atoms with van der Waals surface area (Å²) in [6.45, 7) is 1.01. The van der Waals surface area contributed by atoms with Crippen molar-refractivity contribution in [2.24, 2.45) is 0 Å². The van der Waals surface area contributed by atoms with Gasteiger partial charge in [-0.3, -0.25) is 4.79 Å². The Bertz CT molecular complexity index is 242. The zero-order valence-electron chi connectivity index (χ0n) is 9.07. The summed E-state index contributed by atoms with van der Waals surface area (Å²) in [5.41, 5.74) is 0. The second-order valence-electron chi connectivity index (χ2n) is 3.55. The lowest BCUT2D eigenvalue weighted by Gasteiger charge is -2.39. The molecule has 7 nitrogen and oxygen atoms in total. The first-order valence-corrected chi connectivity index (χ1v) is 4.83. The van der Waals surface area contributed by atoms with Gasteiger partial charge in [0.15, 0.2) is 6.29 Å². The number of aliphatic hydroxyl groups is 3. The number of hydrogen-bond acceptors (Lipinski definition) is 7. The highest BCUT2D eigenvalue weighted by molar-refractivity contribution is 5.65. The van der Waals surface area contributed by atoms with Gasteiger partial charge in [0.1, 0.15) is 31.0 Å². The first-order valence-electron chi connectivity index (χ1n) is 4.83. The fourth-order valence-corrected chi connectivity index (χ4v) is 1.45. The summed E-state index contributed by atoms with van der Waals surface area (Å²) in [4.78, 5) is 10.6. The smallest absolute Gasteiger partial charge is 0.302 e. The molecule has 1 aliphatic heterocycles. The zero-order valence-corrected chi connectivity index (χ0v) is 9.07. The fourth-order valence-electron chi connectivity index (χ4n) is 1.45. The third kappa shape index (κ3) is 2.89. The molecule has 7 heteroatoms. The largest absolute Gasteiger partial charge is 0.463 e. The van der Waals surface area contributed by atoms with E-state index in [0.29, 0.717) is 0 Å². The molecule has 0 unspecified atom stereocenters. The molecule has 94 valence electrons. The molecule has 5 atom stereocenters. The molecule has 16 heavy (non-hydrogen) atoms. The predicted octanol–water partition coefficient (Wildman–Crippen LogP) is -2.00. The minimum absolute atomic E-state index is 0.208. The number of hydrogen-bond donors (Lipinski definition) is 3. The van der Waals surface area contributed by atoms with Crippen LogP contribution >= 0.6 is 0 Å². The van der Waals surface area contributed by atoms with Crippen LogP contribution in [0.25, 0.3) is 0 Å². The van der Waals surface area contributed by atoms with Crippen LogP contribution in [0.5, 0.6) is 0 Å². The fraction of sp³-hybridized carbons (Fsp3) is 0.889. The second kappa shape index (κ2) is 5.55. The van der Waals surface area contributed by atoms with Gasteiger partial charge in [0, 0.05) is 14.0 Å². The van der Waals surface area contributed by atoms with Gasteiger partial charge in [-0.2, -0.15) is 0 Å². The molecule has 1 aliphatic rings. The van der Waals surface area contributed by atoms with Crippen LogP contribution in [0.15, 0.2) is 0 Å². The van der Waals surface area contributed by atoms with Crippen molar-refractivity contribution in [3.8, 4) is 0 Å². The number of carbonyl (C=O) groups excluding carboxylic acids is 1. The Labute approximate surface area is 92.5 Å². The van der Waals surface area contributed by atoms with E-state index in [4.69, 9.17) is 9.47 Å². The van der Waals surface area contributed by atoms with Crippen molar-refractivity contribution >= 4 is 5.97 Å². The summed E-state index contributed by atoms with van der Waals surface area (Å²) in [5, 5.41) is 28.5. The summed E-state index contributed by atoms with van der Waals surface area (Å²) >= 11 is 0. The van der Waals surface area contributed by atoms with Gasteiger partial charge in [0.25, 0.3) is 0 Å². The minimum Gasteiger partial charge on any atom is -0.463 e. The lowest BCUT2D eigenvalue weighted by molar-refractivity contribution is -0.295. The first-order chi connectivity index (χ1) is 7.47. The number of carbonyl (C=O) groups is 1. The molecule has 3 N–H and O–H groups in total. The van der Waals surface area contributed by atoms with Crippen molar-refractivity contribution in [1.82, 2.24) is 0 Å². The maximum Gasteiger partial charge on any atom is 0.302 e. The Balaban J connectivity index is 2.60. The molecule has 1 rings (SSSR count). The molecule has 0 aliphatic carbocycles. The maximum atomic E-state index is 10.6. The standard InChI is InChI=1S/C9H16O7/c1-4(10)15-3-5-6(11)7(12)8(13)9(14-2)16-5/h5-9,11-13H,3H2,1-2H3/t5-,6-,7+,8-,9-/m1/s1. The van der Waals surface area contributed by atoms with Crippen molar-refractivity contribution in [2.75, 3.05) is 13.7 Å². The van der Waals surface area contributed by atoms with Gasteiger partial charge in [-0.1, -0.05) is 0 Å². The molecule has 1 heterocycles. The highest BCUT2D eigenvalue weighted by Crippen LogP contribution is 2.21. The van der Waals surface area contributed by atoms with E-state index in [0.717, 1.165) is 0 Å². The topological polar surface area (TPSA) is 105 Å².